The molecule has 1 heterocycles. The van der Waals surface area contributed by atoms with Crippen molar-refractivity contribution in [3.63, 3.8) is 0 Å². The number of nitrogens with zero attached hydrogens (tertiary/aromatic N) is 1. The summed E-state index contributed by atoms with van der Waals surface area (Å²) in [6, 6.07) is 8.58. The number of aromatic nitrogens is 2. The Hall–Kier alpha value is -1.81. The molecule has 1 aromatic heterocycles. The fourth-order valence-electron chi connectivity index (χ4n) is 2.32. The van der Waals surface area contributed by atoms with Crippen LogP contribution in [0.2, 0.25) is 0 Å². The van der Waals surface area contributed by atoms with Crippen LogP contribution in [0.1, 0.15) is 36.7 Å². The molecule has 0 saturated carbocycles. The minimum Gasteiger partial charge on any atom is -0.497 e. The van der Waals surface area contributed by atoms with Gasteiger partial charge in [0.1, 0.15) is 5.75 Å². The molecule has 0 aliphatic rings. The SMILES string of the molecule is COc1ccc(C(NCc2cn[nH]c2C)C(C)C)cc1. The van der Waals surface area contributed by atoms with E-state index in [0.717, 1.165) is 18.0 Å². The van der Waals surface area contributed by atoms with Gasteiger partial charge >= 0.3 is 0 Å². The molecule has 0 saturated heterocycles. The zero-order valence-electron chi connectivity index (χ0n) is 12.6. The van der Waals surface area contributed by atoms with E-state index in [-0.39, 0.29) is 0 Å². The summed E-state index contributed by atoms with van der Waals surface area (Å²) in [5.41, 5.74) is 3.61. The lowest BCUT2D eigenvalue weighted by molar-refractivity contribution is 0.404. The molecule has 0 bridgehead atoms. The smallest absolute Gasteiger partial charge is 0.118 e. The van der Waals surface area contributed by atoms with Gasteiger partial charge in [-0.25, -0.2) is 0 Å². The fraction of sp³-hybridized carbons (Fsp3) is 0.438. The lowest BCUT2D eigenvalue weighted by Gasteiger charge is -2.23. The quantitative estimate of drug-likeness (QED) is 0.849. The summed E-state index contributed by atoms with van der Waals surface area (Å²) in [7, 11) is 1.69. The Bertz CT molecular complexity index is 531. The molecule has 0 amide bonds. The third kappa shape index (κ3) is 3.39. The van der Waals surface area contributed by atoms with Gasteiger partial charge in [-0.05, 0) is 30.5 Å². The summed E-state index contributed by atoms with van der Waals surface area (Å²) < 4.78 is 5.21. The van der Waals surface area contributed by atoms with Crippen LogP contribution in [0.3, 0.4) is 0 Å². The predicted octanol–water partition coefficient (Wildman–Crippen LogP) is 3.21. The van der Waals surface area contributed by atoms with Crippen molar-refractivity contribution < 1.29 is 4.74 Å². The molecule has 2 aromatic rings. The van der Waals surface area contributed by atoms with Gasteiger partial charge in [0.15, 0.2) is 0 Å². The Morgan fingerprint density at radius 1 is 1.25 bits per heavy atom. The lowest BCUT2D eigenvalue weighted by atomic mass is 9.95. The topological polar surface area (TPSA) is 49.9 Å². The highest BCUT2D eigenvalue weighted by Crippen LogP contribution is 2.24. The summed E-state index contributed by atoms with van der Waals surface area (Å²) in [5, 5.41) is 10.6. The van der Waals surface area contributed by atoms with E-state index >= 15 is 0 Å². The van der Waals surface area contributed by atoms with Crippen molar-refractivity contribution in [1.29, 1.82) is 0 Å². The van der Waals surface area contributed by atoms with Crippen molar-refractivity contribution in [2.45, 2.75) is 33.4 Å². The highest BCUT2D eigenvalue weighted by atomic mass is 16.5. The molecular formula is C16H23N3O. The van der Waals surface area contributed by atoms with Gasteiger partial charge in [-0.15, -0.1) is 0 Å². The van der Waals surface area contributed by atoms with Crippen LogP contribution in [0.15, 0.2) is 30.5 Å². The number of aromatic amines is 1. The van der Waals surface area contributed by atoms with Crippen LogP contribution < -0.4 is 10.1 Å². The third-order valence-corrected chi connectivity index (χ3v) is 3.59. The van der Waals surface area contributed by atoms with Crippen molar-refractivity contribution in [2.75, 3.05) is 7.11 Å². The maximum Gasteiger partial charge on any atom is 0.118 e. The van der Waals surface area contributed by atoms with Crippen LogP contribution in [0.5, 0.6) is 5.75 Å². The molecule has 20 heavy (non-hydrogen) atoms. The number of hydrogen-bond acceptors (Lipinski definition) is 3. The zero-order chi connectivity index (χ0) is 14.5. The van der Waals surface area contributed by atoms with E-state index in [2.05, 4.69) is 41.5 Å². The molecule has 0 aliphatic heterocycles. The molecule has 108 valence electrons. The van der Waals surface area contributed by atoms with Crippen molar-refractivity contribution in [3.8, 4) is 5.75 Å². The summed E-state index contributed by atoms with van der Waals surface area (Å²) in [5.74, 6) is 1.40. The normalized spacial score (nSPS) is 12.7. The summed E-state index contributed by atoms with van der Waals surface area (Å²) in [6.45, 7) is 7.31. The van der Waals surface area contributed by atoms with Crippen LogP contribution in [0.4, 0.5) is 0 Å². The molecule has 2 rings (SSSR count). The van der Waals surface area contributed by atoms with Crippen LogP contribution in [-0.4, -0.2) is 17.3 Å². The van der Waals surface area contributed by atoms with Crippen LogP contribution in [-0.2, 0) is 6.54 Å². The first-order valence-electron chi connectivity index (χ1n) is 6.98. The van der Waals surface area contributed by atoms with Gasteiger partial charge < -0.3 is 10.1 Å². The monoisotopic (exact) mass is 273 g/mol. The number of methoxy groups -OCH3 is 1. The van der Waals surface area contributed by atoms with E-state index in [1.807, 2.05) is 25.3 Å². The molecule has 1 atom stereocenters. The van der Waals surface area contributed by atoms with E-state index in [4.69, 9.17) is 4.74 Å². The first-order chi connectivity index (χ1) is 9.61. The van der Waals surface area contributed by atoms with Crippen LogP contribution in [0.25, 0.3) is 0 Å². The summed E-state index contributed by atoms with van der Waals surface area (Å²) in [6.07, 6.45) is 1.88. The molecule has 0 radical (unpaired) electrons. The number of rotatable bonds is 6. The molecule has 0 aliphatic carbocycles. The highest BCUT2D eigenvalue weighted by Gasteiger charge is 2.15. The van der Waals surface area contributed by atoms with E-state index in [9.17, 15) is 0 Å². The molecular weight excluding hydrogens is 250 g/mol. The number of ether oxygens (including phenoxy) is 1. The van der Waals surface area contributed by atoms with Crippen molar-refractivity contribution >= 4 is 0 Å². The van der Waals surface area contributed by atoms with Gasteiger partial charge in [0.05, 0.1) is 13.3 Å². The zero-order valence-corrected chi connectivity index (χ0v) is 12.6. The second-order valence-corrected chi connectivity index (χ2v) is 5.40. The Labute approximate surface area is 120 Å². The minimum atomic E-state index is 0.315. The molecule has 0 fully saturated rings. The number of nitrogens with one attached hydrogen (secondary N) is 2. The van der Waals surface area contributed by atoms with Gasteiger partial charge in [-0.3, -0.25) is 5.10 Å². The average molecular weight is 273 g/mol. The Morgan fingerprint density at radius 2 is 1.95 bits per heavy atom. The highest BCUT2D eigenvalue weighted by molar-refractivity contribution is 5.29. The van der Waals surface area contributed by atoms with Gasteiger partial charge in [-0.1, -0.05) is 26.0 Å². The number of aryl methyl sites for hydroxylation is 1. The van der Waals surface area contributed by atoms with Crippen LogP contribution in [0, 0.1) is 12.8 Å². The Balaban J connectivity index is 2.08. The molecule has 0 spiro atoms. The average Bonchev–Trinajstić information content (AvgIpc) is 2.85. The molecule has 1 aromatic carbocycles. The summed E-state index contributed by atoms with van der Waals surface area (Å²) in [4.78, 5) is 0. The van der Waals surface area contributed by atoms with Gasteiger partial charge in [0, 0.05) is 23.8 Å². The van der Waals surface area contributed by atoms with Crippen molar-refractivity contribution in [3.05, 3.63) is 47.3 Å². The fourth-order valence-corrected chi connectivity index (χ4v) is 2.32. The van der Waals surface area contributed by atoms with E-state index in [1.54, 1.807) is 7.11 Å². The minimum absolute atomic E-state index is 0.315. The first kappa shape index (κ1) is 14.6. The van der Waals surface area contributed by atoms with E-state index < -0.39 is 0 Å². The Kier molecular flexibility index (Phi) is 4.79. The number of benzene rings is 1. The first-order valence-corrected chi connectivity index (χ1v) is 6.98. The maximum absolute atomic E-state index is 5.21. The third-order valence-electron chi connectivity index (χ3n) is 3.59. The standard InChI is InChI=1S/C16H23N3O/c1-11(2)16(13-5-7-15(20-4)8-6-13)17-9-14-10-18-19-12(14)3/h5-8,10-11,16-17H,9H2,1-4H3,(H,18,19). The largest absolute Gasteiger partial charge is 0.497 e. The van der Waals surface area contributed by atoms with E-state index in [1.165, 1.54) is 11.1 Å². The molecule has 4 nitrogen and oxygen atoms in total. The molecule has 1 unspecified atom stereocenters. The van der Waals surface area contributed by atoms with Crippen LogP contribution >= 0.6 is 0 Å². The Morgan fingerprint density at radius 3 is 2.45 bits per heavy atom. The maximum atomic E-state index is 5.21. The molecule has 2 N–H and O–H groups in total. The van der Waals surface area contributed by atoms with E-state index in [0.29, 0.717) is 12.0 Å². The second kappa shape index (κ2) is 6.57. The van der Waals surface area contributed by atoms with Gasteiger partial charge in [-0.2, -0.15) is 5.10 Å². The van der Waals surface area contributed by atoms with Gasteiger partial charge in [0.25, 0.3) is 0 Å². The van der Waals surface area contributed by atoms with Crippen molar-refractivity contribution in [2.24, 2.45) is 5.92 Å². The number of H-pyrrole nitrogens is 1. The van der Waals surface area contributed by atoms with Crippen molar-refractivity contribution in [1.82, 2.24) is 15.5 Å². The lowest BCUT2D eigenvalue weighted by Crippen LogP contribution is -2.25. The predicted molar refractivity (Wildman–Crippen MR) is 80.7 cm³/mol. The second-order valence-electron chi connectivity index (χ2n) is 5.40. The van der Waals surface area contributed by atoms with Gasteiger partial charge in [0.2, 0.25) is 0 Å². The molecule has 4 heteroatoms. The number of hydrogen-bond donors (Lipinski definition) is 2. The summed E-state index contributed by atoms with van der Waals surface area (Å²) >= 11 is 0.